The Labute approximate surface area is 254 Å². The van der Waals surface area contributed by atoms with Gasteiger partial charge in [0.25, 0.3) is 0 Å². The van der Waals surface area contributed by atoms with E-state index in [1.165, 1.54) is 30.3 Å². The van der Waals surface area contributed by atoms with Crippen LogP contribution in [0.4, 0.5) is 0 Å². The summed E-state index contributed by atoms with van der Waals surface area (Å²) in [6.45, 7) is 5.01. The Bertz CT molecular complexity index is 1450. The van der Waals surface area contributed by atoms with Crippen molar-refractivity contribution in [2.45, 2.75) is 50.5 Å². The summed E-state index contributed by atoms with van der Waals surface area (Å²) < 4.78 is 17.3. The van der Waals surface area contributed by atoms with E-state index in [0.29, 0.717) is 29.8 Å². The first-order valence-corrected chi connectivity index (χ1v) is 14.5. The lowest BCUT2D eigenvalue weighted by atomic mass is 9.85. The monoisotopic (exact) mass is 610 g/mol. The number of rotatable bonds is 11. The number of hydrogen-bond acceptors (Lipinski definition) is 11. The molecule has 3 aliphatic heterocycles. The molecule has 0 bridgehead atoms. The molecule has 2 aromatic carbocycles. The molecule has 0 amide bonds. The van der Waals surface area contributed by atoms with Gasteiger partial charge in [0.05, 0.1) is 12.1 Å². The van der Waals surface area contributed by atoms with Gasteiger partial charge in [-0.3, -0.25) is 4.99 Å². The summed E-state index contributed by atoms with van der Waals surface area (Å²) in [5, 5.41) is 66.5. The number of ether oxygens (including phenoxy) is 3. The highest BCUT2D eigenvalue weighted by Gasteiger charge is 2.58. The minimum absolute atomic E-state index is 0.0205. The van der Waals surface area contributed by atoms with Crippen molar-refractivity contribution < 1.29 is 49.6 Å². The predicted octanol–water partition coefficient (Wildman–Crippen LogP) is 2.11. The molecule has 5 rings (SSSR count). The average molecular weight is 611 g/mol. The zero-order chi connectivity index (χ0) is 31.6. The first-order chi connectivity index (χ1) is 21.0. The van der Waals surface area contributed by atoms with Crippen LogP contribution in [0, 0.1) is 11.8 Å². The number of fused-ring (bicyclic) bond motifs is 1. The SMILES string of the molecule is CC(C)C(CNCC1(O)C(Oc2ccc3c(c2)OCC(c2ccc(O)cc2)=C3O)OC(C(=O)O)C(O)C1O)CC1=CCN=C1. The van der Waals surface area contributed by atoms with E-state index >= 15 is 0 Å². The Morgan fingerprint density at radius 1 is 1.16 bits per heavy atom. The van der Waals surface area contributed by atoms with Crippen molar-refractivity contribution in [3.63, 3.8) is 0 Å². The number of nitrogens with zero attached hydrogens (tertiary/aromatic N) is 1. The van der Waals surface area contributed by atoms with Crippen molar-refractivity contribution in [3.05, 3.63) is 65.2 Å². The molecule has 3 aliphatic rings. The number of benzene rings is 2. The molecule has 0 aliphatic carbocycles. The van der Waals surface area contributed by atoms with Crippen LogP contribution in [0.5, 0.6) is 17.2 Å². The molecule has 44 heavy (non-hydrogen) atoms. The highest BCUT2D eigenvalue weighted by molar-refractivity contribution is 5.91. The lowest BCUT2D eigenvalue weighted by Gasteiger charge is -2.47. The number of carboxylic acids is 1. The first-order valence-electron chi connectivity index (χ1n) is 14.5. The molecule has 0 aromatic heterocycles. The second-order valence-electron chi connectivity index (χ2n) is 11.7. The normalized spacial score (nSPS) is 27.1. The quantitative estimate of drug-likeness (QED) is 0.197. The summed E-state index contributed by atoms with van der Waals surface area (Å²) in [5.74, 6) is -0.652. The molecule has 12 nitrogen and oxygen atoms in total. The maximum absolute atomic E-state index is 11.8. The van der Waals surface area contributed by atoms with Crippen molar-refractivity contribution in [2.24, 2.45) is 16.8 Å². The Hall–Kier alpha value is -3.94. The van der Waals surface area contributed by atoms with Crippen LogP contribution >= 0.6 is 0 Å². The Morgan fingerprint density at radius 2 is 1.91 bits per heavy atom. The van der Waals surface area contributed by atoms with Crippen molar-refractivity contribution >= 4 is 23.5 Å². The molecule has 0 radical (unpaired) electrons. The van der Waals surface area contributed by atoms with E-state index in [4.69, 9.17) is 14.2 Å². The van der Waals surface area contributed by atoms with Gasteiger partial charge in [-0.1, -0.05) is 32.1 Å². The number of hydrogen-bond donors (Lipinski definition) is 7. The smallest absolute Gasteiger partial charge is 0.335 e. The number of carbonyl (C=O) groups is 1. The molecule has 3 heterocycles. The van der Waals surface area contributed by atoms with Gasteiger partial charge in [0.2, 0.25) is 6.29 Å². The van der Waals surface area contributed by atoms with E-state index in [-0.39, 0.29) is 48.0 Å². The third-order valence-corrected chi connectivity index (χ3v) is 8.36. The van der Waals surface area contributed by atoms with Gasteiger partial charge in [0, 0.05) is 24.4 Å². The number of carboxylic acid groups (broad SMARTS) is 1. The molecular formula is C32H38N2O10. The minimum atomic E-state index is -2.24. The molecule has 6 atom stereocenters. The highest BCUT2D eigenvalue weighted by Crippen LogP contribution is 2.39. The van der Waals surface area contributed by atoms with E-state index < -0.39 is 36.2 Å². The topological polar surface area (TPSA) is 191 Å². The largest absolute Gasteiger partial charge is 0.508 e. The second kappa shape index (κ2) is 13.0. The van der Waals surface area contributed by atoms with Gasteiger partial charge in [-0.05, 0) is 60.2 Å². The molecular weight excluding hydrogens is 572 g/mol. The molecule has 236 valence electrons. The third kappa shape index (κ3) is 6.44. The molecule has 2 aromatic rings. The number of nitrogens with one attached hydrogen (secondary N) is 1. The number of aliphatic imine (C=N–C) groups is 1. The van der Waals surface area contributed by atoms with Crippen LogP contribution < -0.4 is 14.8 Å². The maximum Gasteiger partial charge on any atom is 0.335 e. The molecule has 0 saturated carbocycles. The van der Waals surface area contributed by atoms with Gasteiger partial charge >= 0.3 is 5.97 Å². The number of aromatic hydroxyl groups is 1. The average Bonchev–Trinajstić information content (AvgIpc) is 3.51. The summed E-state index contributed by atoms with van der Waals surface area (Å²) >= 11 is 0. The summed E-state index contributed by atoms with van der Waals surface area (Å²) in [5.41, 5.74) is 0.427. The van der Waals surface area contributed by atoms with Gasteiger partial charge in [-0.2, -0.15) is 0 Å². The van der Waals surface area contributed by atoms with E-state index in [9.17, 15) is 35.4 Å². The molecule has 7 N–H and O–H groups in total. The second-order valence-corrected chi connectivity index (χ2v) is 11.7. The van der Waals surface area contributed by atoms with Gasteiger partial charge in [-0.15, -0.1) is 0 Å². The first kappa shape index (κ1) is 31.5. The Kier molecular flexibility index (Phi) is 9.28. The number of aliphatic carboxylic acids is 1. The van der Waals surface area contributed by atoms with Gasteiger partial charge in [0.15, 0.2) is 11.7 Å². The fourth-order valence-corrected chi connectivity index (χ4v) is 5.57. The lowest BCUT2D eigenvalue weighted by molar-refractivity contribution is -0.311. The van der Waals surface area contributed by atoms with Crippen molar-refractivity contribution in [1.82, 2.24) is 5.32 Å². The third-order valence-electron chi connectivity index (χ3n) is 8.36. The Morgan fingerprint density at radius 3 is 2.57 bits per heavy atom. The van der Waals surface area contributed by atoms with Gasteiger partial charge in [-0.25, -0.2) is 4.79 Å². The van der Waals surface area contributed by atoms with E-state index in [1.54, 1.807) is 12.1 Å². The summed E-state index contributed by atoms with van der Waals surface area (Å²) in [6, 6.07) is 10.8. The molecule has 1 fully saturated rings. The van der Waals surface area contributed by atoms with Crippen molar-refractivity contribution in [3.8, 4) is 17.2 Å². The van der Waals surface area contributed by atoms with Crippen LogP contribution in [0.2, 0.25) is 0 Å². The molecule has 6 unspecified atom stereocenters. The lowest BCUT2D eigenvalue weighted by Crippen LogP contribution is -2.71. The van der Waals surface area contributed by atoms with Crippen LogP contribution in [0.15, 0.2) is 59.1 Å². The number of phenols is 1. The van der Waals surface area contributed by atoms with E-state index in [1.807, 2.05) is 6.21 Å². The van der Waals surface area contributed by atoms with Crippen molar-refractivity contribution in [2.75, 3.05) is 26.2 Å². The van der Waals surface area contributed by atoms with Gasteiger partial charge < -0.3 is 50.2 Å². The summed E-state index contributed by atoms with van der Waals surface area (Å²) in [6.07, 6.45) is -2.74. The number of aliphatic hydroxyl groups is 4. The van der Waals surface area contributed by atoms with Gasteiger partial charge in [0.1, 0.15) is 41.8 Å². The predicted molar refractivity (Wildman–Crippen MR) is 161 cm³/mol. The van der Waals surface area contributed by atoms with E-state index in [0.717, 1.165) is 12.0 Å². The number of phenolic OH excluding ortho intramolecular Hbond substituents is 1. The van der Waals surface area contributed by atoms with E-state index in [2.05, 4.69) is 30.2 Å². The highest BCUT2D eigenvalue weighted by atomic mass is 16.7. The van der Waals surface area contributed by atoms with Crippen LogP contribution in [-0.4, -0.2) is 99.3 Å². The fraction of sp³-hybridized carbons (Fsp3) is 0.438. The zero-order valence-electron chi connectivity index (χ0n) is 24.5. The number of aliphatic hydroxyl groups excluding tert-OH is 3. The summed E-state index contributed by atoms with van der Waals surface area (Å²) in [4.78, 5) is 16.1. The summed E-state index contributed by atoms with van der Waals surface area (Å²) in [7, 11) is 0. The Balaban J connectivity index is 1.35. The minimum Gasteiger partial charge on any atom is -0.508 e. The molecule has 0 spiro atoms. The van der Waals surface area contributed by atoms with Crippen LogP contribution in [0.3, 0.4) is 0 Å². The zero-order valence-corrected chi connectivity index (χ0v) is 24.5. The molecule has 1 saturated heterocycles. The van der Waals surface area contributed by atoms with Crippen LogP contribution in [0.25, 0.3) is 11.3 Å². The number of allylic oxidation sites excluding steroid dienone is 1. The standard InChI is InChI=1S/C32H38N2O10/c1-17(2)20(11-18-9-10-33-13-18)14-34-16-32(41)29(38)27(37)28(30(39)40)44-31(32)43-22-7-8-23-25(12-22)42-15-24(26(23)36)19-3-5-21(35)6-4-19/h3-9,12-13,17,20,27-29,31,34-38,41H,10-11,14-16H2,1-2H3,(H,39,40). The fourth-order valence-electron chi connectivity index (χ4n) is 5.57. The van der Waals surface area contributed by atoms with Crippen molar-refractivity contribution in [1.29, 1.82) is 0 Å². The van der Waals surface area contributed by atoms with Crippen LogP contribution in [-0.2, 0) is 9.53 Å². The molecule has 12 heteroatoms. The van der Waals surface area contributed by atoms with Crippen LogP contribution in [0.1, 0.15) is 31.4 Å². The maximum atomic E-state index is 11.8.